The summed E-state index contributed by atoms with van der Waals surface area (Å²) in [7, 11) is 0. The number of nitrogens with one attached hydrogen (secondary N) is 1. The van der Waals surface area contributed by atoms with E-state index in [0.717, 1.165) is 12.1 Å². The Morgan fingerprint density at radius 3 is 2.40 bits per heavy atom. The van der Waals surface area contributed by atoms with Crippen molar-refractivity contribution in [3.8, 4) is 0 Å². The second kappa shape index (κ2) is 6.13. The largest absolute Gasteiger partial charge is 0.444 e. The molecular formula is C13H16F3NO3. The van der Waals surface area contributed by atoms with E-state index in [2.05, 4.69) is 5.32 Å². The van der Waals surface area contributed by atoms with E-state index in [1.165, 1.54) is 6.07 Å². The number of carbonyl (C=O) groups excluding carboxylic acids is 1. The lowest BCUT2D eigenvalue weighted by atomic mass is 10.1. The Kier molecular flexibility index (Phi) is 4.99. The van der Waals surface area contributed by atoms with Crippen molar-refractivity contribution in [3.63, 3.8) is 0 Å². The molecule has 0 aromatic heterocycles. The molecule has 0 spiro atoms. The number of ether oxygens (including phenoxy) is 1. The number of hydrogen-bond acceptors (Lipinski definition) is 3. The maximum Gasteiger partial charge on any atom is 0.412 e. The molecule has 1 unspecified atom stereocenters. The highest BCUT2D eigenvalue weighted by molar-refractivity contribution is 5.84. The topological polar surface area (TPSA) is 58.6 Å². The average molecular weight is 291 g/mol. The van der Waals surface area contributed by atoms with E-state index in [-0.39, 0.29) is 5.69 Å². The number of halogens is 3. The van der Waals surface area contributed by atoms with Gasteiger partial charge in [-0.15, -0.1) is 0 Å². The highest BCUT2D eigenvalue weighted by atomic mass is 19.3. The first-order valence-electron chi connectivity index (χ1n) is 5.86. The van der Waals surface area contributed by atoms with E-state index < -0.39 is 35.6 Å². The normalized spacial score (nSPS) is 13.2. The van der Waals surface area contributed by atoms with Crippen LogP contribution in [0.2, 0.25) is 0 Å². The third-order valence-corrected chi connectivity index (χ3v) is 2.20. The van der Waals surface area contributed by atoms with Crippen LogP contribution < -0.4 is 5.32 Å². The molecule has 0 aliphatic carbocycles. The Labute approximate surface area is 114 Å². The van der Waals surface area contributed by atoms with Crippen molar-refractivity contribution in [2.75, 3.05) is 5.32 Å². The number of anilines is 1. The summed E-state index contributed by atoms with van der Waals surface area (Å²) in [6.45, 7) is 4.99. The van der Waals surface area contributed by atoms with Gasteiger partial charge in [0.25, 0.3) is 6.43 Å². The number of amides is 1. The molecule has 4 nitrogen and oxygen atoms in total. The van der Waals surface area contributed by atoms with Gasteiger partial charge in [0.15, 0.2) is 0 Å². The minimum atomic E-state index is -3.09. The SMILES string of the molecule is CC(C)(C)OC(=O)Nc1ccc(C(O)C(F)F)c(F)c1. The van der Waals surface area contributed by atoms with Crippen molar-refractivity contribution in [3.05, 3.63) is 29.6 Å². The van der Waals surface area contributed by atoms with Gasteiger partial charge in [-0.05, 0) is 32.9 Å². The molecule has 0 aliphatic rings. The van der Waals surface area contributed by atoms with Crippen LogP contribution in [0.25, 0.3) is 0 Å². The van der Waals surface area contributed by atoms with Gasteiger partial charge in [-0.2, -0.15) is 0 Å². The van der Waals surface area contributed by atoms with Gasteiger partial charge in [0.05, 0.1) is 0 Å². The van der Waals surface area contributed by atoms with Crippen LogP contribution in [0.1, 0.15) is 32.4 Å². The fourth-order valence-electron chi connectivity index (χ4n) is 1.40. The Morgan fingerprint density at radius 1 is 1.35 bits per heavy atom. The van der Waals surface area contributed by atoms with Gasteiger partial charge in [0.1, 0.15) is 17.5 Å². The maximum absolute atomic E-state index is 13.6. The molecule has 0 bridgehead atoms. The van der Waals surface area contributed by atoms with Crippen LogP contribution in [0, 0.1) is 5.82 Å². The van der Waals surface area contributed by atoms with Gasteiger partial charge in [0, 0.05) is 11.3 Å². The van der Waals surface area contributed by atoms with Crippen LogP contribution in [-0.2, 0) is 4.74 Å². The number of benzene rings is 1. The second-order valence-electron chi connectivity index (χ2n) is 5.14. The van der Waals surface area contributed by atoms with Gasteiger partial charge in [-0.3, -0.25) is 5.32 Å². The highest BCUT2D eigenvalue weighted by Crippen LogP contribution is 2.25. The van der Waals surface area contributed by atoms with Crippen LogP contribution in [0.4, 0.5) is 23.7 Å². The molecule has 0 saturated heterocycles. The van der Waals surface area contributed by atoms with E-state index in [4.69, 9.17) is 9.84 Å². The molecule has 0 fully saturated rings. The molecule has 1 aromatic carbocycles. The Hall–Kier alpha value is -1.76. The molecule has 1 rings (SSSR count). The van der Waals surface area contributed by atoms with Gasteiger partial charge in [-0.1, -0.05) is 6.07 Å². The summed E-state index contributed by atoms with van der Waals surface area (Å²) in [6.07, 6.45) is -6.08. The van der Waals surface area contributed by atoms with E-state index in [9.17, 15) is 18.0 Å². The summed E-state index contributed by atoms with van der Waals surface area (Å²) >= 11 is 0. The Morgan fingerprint density at radius 2 is 1.95 bits per heavy atom. The minimum Gasteiger partial charge on any atom is -0.444 e. The molecule has 2 N–H and O–H groups in total. The molecule has 0 saturated carbocycles. The molecule has 1 amide bonds. The van der Waals surface area contributed by atoms with Crippen LogP contribution in [0.15, 0.2) is 18.2 Å². The predicted molar refractivity (Wildman–Crippen MR) is 67.2 cm³/mol. The lowest BCUT2D eigenvalue weighted by Gasteiger charge is -2.20. The van der Waals surface area contributed by atoms with Crippen LogP contribution in [-0.4, -0.2) is 23.2 Å². The minimum absolute atomic E-state index is 0.0435. The first-order valence-corrected chi connectivity index (χ1v) is 5.86. The number of aliphatic hydroxyl groups is 1. The molecular weight excluding hydrogens is 275 g/mol. The fraction of sp³-hybridized carbons (Fsp3) is 0.462. The van der Waals surface area contributed by atoms with E-state index in [0.29, 0.717) is 0 Å². The summed E-state index contributed by atoms with van der Waals surface area (Å²) in [6, 6.07) is 3.03. The quantitative estimate of drug-likeness (QED) is 0.896. The lowest BCUT2D eigenvalue weighted by Crippen LogP contribution is -2.27. The molecule has 0 aliphatic heterocycles. The summed E-state index contributed by atoms with van der Waals surface area (Å²) in [4.78, 5) is 11.4. The van der Waals surface area contributed by atoms with Crippen molar-refractivity contribution in [2.24, 2.45) is 0 Å². The van der Waals surface area contributed by atoms with Crippen LogP contribution >= 0.6 is 0 Å². The second-order valence-corrected chi connectivity index (χ2v) is 5.14. The smallest absolute Gasteiger partial charge is 0.412 e. The number of alkyl halides is 2. The van der Waals surface area contributed by atoms with Crippen molar-refractivity contribution >= 4 is 11.8 Å². The van der Waals surface area contributed by atoms with Crippen molar-refractivity contribution in [2.45, 2.75) is 38.9 Å². The van der Waals surface area contributed by atoms with E-state index >= 15 is 0 Å². The number of hydrogen-bond donors (Lipinski definition) is 2. The van der Waals surface area contributed by atoms with Crippen molar-refractivity contribution in [1.82, 2.24) is 0 Å². The third-order valence-electron chi connectivity index (χ3n) is 2.20. The van der Waals surface area contributed by atoms with Gasteiger partial charge in [0.2, 0.25) is 0 Å². The van der Waals surface area contributed by atoms with Crippen LogP contribution in [0.3, 0.4) is 0 Å². The summed E-state index contributed by atoms with van der Waals surface area (Å²) in [5.41, 5.74) is -1.20. The number of aliphatic hydroxyl groups excluding tert-OH is 1. The molecule has 0 heterocycles. The number of rotatable bonds is 3. The molecule has 20 heavy (non-hydrogen) atoms. The Balaban J connectivity index is 2.80. The Bertz CT molecular complexity index is 486. The number of carbonyl (C=O) groups is 1. The zero-order chi connectivity index (χ0) is 15.5. The predicted octanol–water partition coefficient (Wildman–Crippen LogP) is 3.47. The van der Waals surface area contributed by atoms with E-state index in [1.54, 1.807) is 20.8 Å². The molecule has 7 heteroatoms. The average Bonchev–Trinajstić information content (AvgIpc) is 2.25. The first kappa shape index (κ1) is 16.3. The zero-order valence-electron chi connectivity index (χ0n) is 11.3. The molecule has 1 aromatic rings. The summed E-state index contributed by atoms with van der Waals surface area (Å²) in [5.74, 6) is -1.04. The molecule has 1 atom stereocenters. The fourth-order valence-corrected chi connectivity index (χ4v) is 1.40. The van der Waals surface area contributed by atoms with E-state index in [1.807, 2.05) is 0 Å². The van der Waals surface area contributed by atoms with Gasteiger partial charge >= 0.3 is 6.09 Å². The maximum atomic E-state index is 13.6. The van der Waals surface area contributed by atoms with Crippen molar-refractivity contribution < 1.29 is 27.8 Å². The summed E-state index contributed by atoms with van der Waals surface area (Å²) < 4.78 is 43.1. The monoisotopic (exact) mass is 291 g/mol. The first-order chi connectivity index (χ1) is 9.10. The standard InChI is InChI=1S/C13H16F3NO3/c1-13(2,3)20-12(19)17-7-4-5-8(9(14)6-7)10(18)11(15)16/h4-6,10-11,18H,1-3H3,(H,17,19). The highest BCUT2D eigenvalue weighted by Gasteiger charge is 2.23. The van der Waals surface area contributed by atoms with Crippen LogP contribution in [0.5, 0.6) is 0 Å². The lowest BCUT2D eigenvalue weighted by molar-refractivity contribution is -0.00770. The summed E-state index contributed by atoms with van der Waals surface area (Å²) in [5, 5.41) is 11.4. The van der Waals surface area contributed by atoms with Gasteiger partial charge < -0.3 is 9.84 Å². The third kappa shape index (κ3) is 4.73. The molecule has 112 valence electrons. The molecule has 0 radical (unpaired) electrons. The van der Waals surface area contributed by atoms with Gasteiger partial charge in [-0.25, -0.2) is 18.0 Å². The van der Waals surface area contributed by atoms with Crippen molar-refractivity contribution in [1.29, 1.82) is 0 Å². The zero-order valence-corrected chi connectivity index (χ0v) is 11.3.